The number of ether oxygens (including phenoxy) is 2. The summed E-state index contributed by atoms with van der Waals surface area (Å²) in [6.07, 6.45) is 0. The summed E-state index contributed by atoms with van der Waals surface area (Å²) in [7, 11) is 0.210. The van der Waals surface area contributed by atoms with Gasteiger partial charge >= 0.3 is 0 Å². The highest BCUT2D eigenvalue weighted by Crippen LogP contribution is 2.57. The Morgan fingerprint density at radius 2 is 1.71 bits per heavy atom. The molecule has 0 aromatic heterocycles. The number of benzene rings is 1. The minimum Gasteiger partial charge on any atom is -0.496 e. The van der Waals surface area contributed by atoms with Crippen LogP contribution in [0.5, 0.6) is 11.5 Å². The molecule has 0 bridgehead atoms. The van der Waals surface area contributed by atoms with Crippen LogP contribution in [0.4, 0.5) is 0 Å². The van der Waals surface area contributed by atoms with Crippen molar-refractivity contribution < 1.29 is 18.6 Å². The van der Waals surface area contributed by atoms with Crippen LogP contribution in [0.25, 0.3) is 0 Å². The Bertz CT molecular complexity index is 500. The maximum atomic E-state index is 11.6. The van der Waals surface area contributed by atoms with Crippen molar-refractivity contribution in [3.05, 3.63) is 12.1 Å². The van der Waals surface area contributed by atoms with E-state index in [0.717, 1.165) is 0 Å². The van der Waals surface area contributed by atoms with Crippen molar-refractivity contribution in [3.8, 4) is 11.5 Å². The van der Waals surface area contributed by atoms with E-state index in [1.165, 1.54) is 26.4 Å². The van der Waals surface area contributed by atoms with Gasteiger partial charge in [-0.1, -0.05) is 11.2 Å². The summed E-state index contributed by atoms with van der Waals surface area (Å²) in [5, 5.41) is 0.352. The van der Waals surface area contributed by atoms with Crippen molar-refractivity contribution in [2.45, 2.75) is 0 Å². The normalized spacial score (nSPS) is 13.2. The van der Waals surface area contributed by atoms with Gasteiger partial charge in [-0.25, -0.2) is 0 Å². The molecular formula is C8H9Cl3O4P2. The topological polar surface area (TPSA) is 52.6 Å². The molecule has 0 N–H and O–H groups in total. The molecule has 4 nitrogen and oxygen atoms in total. The second-order valence-corrected chi connectivity index (χ2v) is 9.86. The molecule has 1 atom stereocenters. The highest BCUT2D eigenvalue weighted by Gasteiger charge is 2.26. The number of hydrogen-bond acceptors (Lipinski definition) is 4. The molecule has 0 heterocycles. The Balaban J connectivity index is 3.55. The van der Waals surface area contributed by atoms with Crippen LogP contribution in [0.2, 0.25) is 0 Å². The lowest BCUT2D eigenvalue weighted by Crippen LogP contribution is -2.11. The molecule has 0 aliphatic carbocycles. The van der Waals surface area contributed by atoms with Crippen LogP contribution >= 0.6 is 46.7 Å². The van der Waals surface area contributed by atoms with Crippen LogP contribution in [0, 0.1) is 0 Å². The van der Waals surface area contributed by atoms with Gasteiger partial charge in [-0.15, -0.1) is 0 Å². The SMILES string of the molecule is COc1cc(P(=O)(Cl)Cl)c(OC)cc1[PH](=O)Cl. The van der Waals surface area contributed by atoms with E-state index < -0.39 is 13.0 Å². The van der Waals surface area contributed by atoms with E-state index in [0.29, 0.717) is 0 Å². The first-order valence-corrected chi connectivity index (χ1v) is 10.2. The van der Waals surface area contributed by atoms with Gasteiger partial charge in [-0.3, -0.25) is 4.57 Å². The average molecular weight is 337 g/mol. The summed E-state index contributed by atoms with van der Waals surface area (Å²) in [6, 6.07) is 2.68. The molecule has 0 aliphatic heterocycles. The van der Waals surface area contributed by atoms with E-state index in [2.05, 4.69) is 0 Å². The van der Waals surface area contributed by atoms with E-state index in [-0.39, 0.29) is 22.1 Å². The van der Waals surface area contributed by atoms with E-state index in [1.807, 2.05) is 0 Å². The molecule has 0 fully saturated rings. The van der Waals surface area contributed by atoms with Crippen LogP contribution in [-0.2, 0) is 9.13 Å². The number of halogens is 3. The summed E-state index contributed by atoms with van der Waals surface area (Å²) in [5.41, 5.74) is 0. The maximum Gasteiger partial charge on any atom is 0.285 e. The zero-order valence-corrected chi connectivity index (χ0v) is 13.0. The Morgan fingerprint density at radius 1 is 1.18 bits per heavy atom. The lowest BCUT2D eigenvalue weighted by atomic mass is 10.3. The first kappa shape index (κ1) is 15.2. The fraction of sp³-hybridized carbons (Fsp3) is 0.250. The van der Waals surface area contributed by atoms with Crippen molar-refractivity contribution >= 4 is 57.3 Å². The number of rotatable bonds is 4. The smallest absolute Gasteiger partial charge is 0.285 e. The van der Waals surface area contributed by atoms with Gasteiger partial charge in [0.1, 0.15) is 11.5 Å². The number of methoxy groups -OCH3 is 2. The minimum atomic E-state index is -3.56. The Kier molecular flexibility index (Phi) is 5.24. The fourth-order valence-electron chi connectivity index (χ4n) is 1.24. The highest BCUT2D eigenvalue weighted by molar-refractivity contribution is 8.13. The second-order valence-electron chi connectivity index (χ2n) is 2.96. The van der Waals surface area contributed by atoms with Gasteiger partial charge in [-0.05, 0) is 34.6 Å². The molecular weight excluding hydrogens is 328 g/mol. The molecule has 1 rings (SSSR count). The van der Waals surface area contributed by atoms with Crippen molar-refractivity contribution in [2.75, 3.05) is 14.2 Å². The molecule has 0 saturated carbocycles. The monoisotopic (exact) mass is 336 g/mol. The van der Waals surface area contributed by atoms with Crippen molar-refractivity contribution in [2.24, 2.45) is 0 Å². The van der Waals surface area contributed by atoms with Gasteiger partial charge in [0.2, 0.25) is 0 Å². The van der Waals surface area contributed by atoms with Gasteiger partial charge in [-0.2, -0.15) is 0 Å². The third kappa shape index (κ3) is 3.56. The zero-order chi connectivity index (χ0) is 13.2. The summed E-state index contributed by atoms with van der Waals surface area (Å²) < 4.78 is 32.9. The summed E-state index contributed by atoms with van der Waals surface area (Å²) in [4.78, 5) is 0. The lowest BCUT2D eigenvalue weighted by molar-refractivity contribution is 0.408. The molecule has 0 spiro atoms. The largest absolute Gasteiger partial charge is 0.496 e. The highest BCUT2D eigenvalue weighted by atomic mass is 35.9. The molecule has 0 aliphatic rings. The third-order valence-corrected chi connectivity index (χ3v) is 5.42. The molecule has 96 valence electrons. The summed E-state index contributed by atoms with van der Waals surface area (Å²) in [5.74, 6) is -3.19. The van der Waals surface area contributed by atoms with Gasteiger partial charge in [0.15, 0.2) is 7.15 Å². The molecule has 1 aromatic rings. The molecule has 17 heavy (non-hydrogen) atoms. The van der Waals surface area contributed by atoms with Gasteiger partial charge in [0, 0.05) is 0 Å². The molecule has 9 heteroatoms. The van der Waals surface area contributed by atoms with Crippen LogP contribution < -0.4 is 20.1 Å². The minimum absolute atomic E-state index is 0.0869. The standard InChI is InChI=1S/C8H9Cl3O4P2/c1-14-5-4-8(17(10,11)13)6(15-2)3-7(5)16(9)12/h3-4,16H,1-2H3. The van der Waals surface area contributed by atoms with Crippen LogP contribution in [0.3, 0.4) is 0 Å². The van der Waals surface area contributed by atoms with E-state index in [9.17, 15) is 9.13 Å². The quantitative estimate of drug-likeness (QED) is 0.791. The van der Waals surface area contributed by atoms with Crippen molar-refractivity contribution in [3.63, 3.8) is 0 Å². The van der Waals surface area contributed by atoms with Crippen molar-refractivity contribution in [1.29, 1.82) is 0 Å². The first-order valence-electron chi connectivity index (χ1n) is 4.27. The van der Waals surface area contributed by atoms with Gasteiger partial charge < -0.3 is 14.0 Å². The summed E-state index contributed by atoms with van der Waals surface area (Å²) in [6.45, 7) is 0. The lowest BCUT2D eigenvalue weighted by Gasteiger charge is -2.13. The zero-order valence-electron chi connectivity index (χ0n) is 8.87. The third-order valence-electron chi connectivity index (χ3n) is 1.99. The molecule has 0 amide bonds. The fourth-order valence-corrected chi connectivity index (χ4v) is 3.77. The average Bonchev–Trinajstić information content (AvgIpc) is 2.25. The second kappa shape index (κ2) is 5.86. The summed E-state index contributed by atoms with van der Waals surface area (Å²) >= 11 is 16.7. The number of hydrogen-bond donors (Lipinski definition) is 0. The van der Waals surface area contributed by atoms with Crippen LogP contribution in [-0.4, -0.2) is 14.2 Å². The maximum absolute atomic E-state index is 11.6. The Morgan fingerprint density at radius 3 is 2.06 bits per heavy atom. The Labute approximate surface area is 114 Å². The van der Waals surface area contributed by atoms with E-state index >= 15 is 0 Å². The molecule has 1 aromatic carbocycles. The van der Waals surface area contributed by atoms with Crippen LogP contribution in [0.1, 0.15) is 0 Å². The van der Waals surface area contributed by atoms with Gasteiger partial charge in [0.05, 0.1) is 24.8 Å². The first-order chi connectivity index (χ1) is 7.81. The van der Waals surface area contributed by atoms with Crippen molar-refractivity contribution in [1.82, 2.24) is 0 Å². The van der Waals surface area contributed by atoms with E-state index in [4.69, 9.17) is 43.2 Å². The Hall–Kier alpha value is 0.150. The van der Waals surface area contributed by atoms with Gasteiger partial charge in [0.25, 0.3) is 5.85 Å². The molecule has 1 unspecified atom stereocenters. The molecule has 0 radical (unpaired) electrons. The van der Waals surface area contributed by atoms with E-state index in [1.54, 1.807) is 0 Å². The molecule has 0 saturated heterocycles. The predicted molar refractivity (Wildman–Crippen MR) is 73.0 cm³/mol. The predicted octanol–water partition coefficient (Wildman–Crippen LogP) is 3.34. The van der Waals surface area contributed by atoms with Crippen LogP contribution in [0.15, 0.2) is 12.1 Å².